The van der Waals surface area contributed by atoms with Crippen LogP contribution in [0.3, 0.4) is 0 Å². The molecule has 0 saturated carbocycles. The number of nitrogens with zero attached hydrogens (tertiary/aromatic N) is 2. The maximum absolute atomic E-state index is 13.0. The van der Waals surface area contributed by atoms with E-state index >= 15 is 0 Å². The van der Waals surface area contributed by atoms with Crippen LogP contribution in [0.1, 0.15) is 34.6 Å². The van der Waals surface area contributed by atoms with E-state index in [2.05, 4.69) is 10.6 Å². The minimum Gasteiger partial charge on any atom is -0.376 e. The molecule has 7 heteroatoms. The fourth-order valence-corrected chi connectivity index (χ4v) is 4.23. The van der Waals surface area contributed by atoms with E-state index in [1.807, 2.05) is 74.5 Å². The van der Waals surface area contributed by atoms with E-state index in [9.17, 15) is 14.4 Å². The van der Waals surface area contributed by atoms with Gasteiger partial charge >= 0.3 is 0 Å². The molecule has 0 aliphatic rings. The maximum Gasteiger partial charge on any atom is 0.258 e. The third-order valence-corrected chi connectivity index (χ3v) is 6.26. The smallest absolute Gasteiger partial charge is 0.258 e. The first kappa shape index (κ1) is 27.1. The van der Waals surface area contributed by atoms with Crippen LogP contribution >= 0.6 is 0 Å². The molecule has 7 nitrogen and oxygen atoms in total. The molecule has 4 aromatic carbocycles. The van der Waals surface area contributed by atoms with Crippen molar-refractivity contribution in [1.82, 2.24) is 0 Å². The number of nitrogens with one attached hydrogen (secondary N) is 2. The highest BCUT2D eigenvalue weighted by atomic mass is 16.2. The Morgan fingerprint density at radius 1 is 0.564 bits per heavy atom. The SMILES string of the molecule is CCN(C(=O)c1ccc(NCC(=O)Nc2ccc(C(=O)N(CC)c3ccccc3)cc2)cc1)c1ccccc1. The van der Waals surface area contributed by atoms with Gasteiger partial charge in [0.25, 0.3) is 11.8 Å². The summed E-state index contributed by atoms with van der Waals surface area (Å²) in [7, 11) is 0. The number of hydrogen-bond acceptors (Lipinski definition) is 4. The second-order valence-corrected chi connectivity index (χ2v) is 8.83. The molecule has 0 radical (unpaired) electrons. The molecule has 3 amide bonds. The zero-order chi connectivity index (χ0) is 27.6. The molecule has 39 heavy (non-hydrogen) atoms. The average molecular weight is 521 g/mol. The standard InChI is InChI=1S/C32H32N4O3/c1-3-35(28-11-7-5-8-12-28)31(38)24-15-19-26(20-16-24)33-23-30(37)34-27-21-17-25(18-22-27)32(39)36(4-2)29-13-9-6-10-14-29/h5-22,33H,3-4,23H2,1-2H3,(H,34,37). The number of para-hydroxylation sites is 2. The van der Waals surface area contributed by atoms with Crippen LogP contribution in [0.15, 0.2) is 109 Å². The van der Waals surface area contributed by atoms with E-state index < -0.39 is 0 Å². The molecular weight excluding hydrogens is 488 g/mol. The van der Waals surface area contributed by atoms with Crippen molar-refractivity contribution in [3.05, 3.63) is 120 Å². The maximum atomic E-state index is 13.0. The lowest BCUT2D eigenvalue weighted by Crippen LogP contribution is -2.30. The lowest BCUT2D eigenvalue weighted by molar-refractivity contribution is -0.114. The first-order valence-corrected chi connectivity index (χ1v) is 13.0. The van der Waals surface area contributed by atoms with Crippen LogP contribution in [0.2, 0.25) is 0 Å². The highest BCUT2D eigenvalue weighted by Crippen LogP contribution is 2.19. The fourth-order valence-electron chi connectivity index (χ4n) is 4.23. The molecule has 0 aliphatic carbocycles. The lowest BCUT2D eigenvalue weighted by atomic mass is 10.1. The number of hydrogen-bond donors (Lipinski definition) is 2. The summed E-state index contributed by atoms with van der Waals surface area (Å²) in [5.41, 5.74) is 4.12. The van der Waals surface area contributed by atoms with Crippen molar-refractivity contribution in [3.8, 4) is 0 Å². The highest BCUT2D eigenvalue weighted by Gasteiger charge is 2.17. The number of carbonyl (C=O) groups excluding carboxylic acids is 3. The van der Waals surface area contributed by atoms with Crippen LogP contribution in [0.4, 0.5) is 22.7 Å². The van der Waals surface area contributed by atoms with Gasteiger partial charge in [-0.25, -0.2) is 0 Å². The summed E-state index contributed by atoms with van der Waals surface area (Å²) in [4.78, 5) is 41.9. The van der Waals surface area contributed by atoms with Crippen molar-refractivity contribution in [2.45, 2.75) is 13.8 Å². The van der Waals surface area contributed by atoms with E-state index in [1.54, 1.807) is 58.3 Å². The minimum atomic E-state index is -0.227. The first-order valence-electron chi connectivity index (χ1n) is 13.0. The number of anilines is 4. The van der Waals surface area contributed by atoms with Gasteiger partial charge in [0.05, 0.1) is 6.54 Å². The van der Waals surface area contributed by atoms with Crippen LogP contribution < -0.4 is 20.4 Å². The van der Waals surface area contributed by atoms with Crippen molar-refractivity contribution < 1.29 is 14.4 Å². The van der Waals surface area contributed by atoms with Gasteiger partial charge < -0.3 is 20.4 Å². The van der Waals surface area contributed by atoms with Gasteiger partial charge in [-0.05, 0) is 86.6 Å². The summed E-state index contributed by atoms with van der Waals surface area (Å²) >= 11 is 0. The molecule has 0 aromatic heterocycles. The molecule has 0 heterocycles. The predicted molar refractivity (Wildman–Crippen MR) is 158 cm³/mol. The second kappa shape index (κ2) is 13.1. The molecular formula is C32H32N4O3. The van der Waals surface area contributed by atoms with Crippen molar-refractivity contribution in [2.24, 2.45) is 0 Å². The van der Waals surface area contributed by atoms with Gasteiger partial charge in [-0.1, -0.05) is 36.4 Å². The molecule has 0 fully saturated rings. The Balaban J connectivity index is 1.30. The molecule has 4 rings (SSSR count). The topological polar surface area (TPSA) is 81.8 Å². The summed E-state index contributed by atoms with van der Waals surface area (Å²) in [5, 5.41) is 5.91. The van der Waals surface area contributed by atoms with Gasteiger partial charge in [-0.2, -0.15) is 0 Å². The molecule has 0 aliphatic heterocycles. The molecule has 0 saturated heterocycles. The Bertz CT molecular complexity index is 1390. The van der Waals surface area contributed by atoms with Crippen LogP contribution in [-0.2, 0) is 4.79 Å². The van der Waals surface area contributed by atoms with E-state index in [0.717, 1.165) is 17.1 Å². The Labute approximate surface area is 229 Å². The third kappa shape index (κ3) is 6.90. The molecule has 0 atom stereocenters. The highest BCUT2D eigenvalue weighted by molar-refractivity contribution is 6.07. The van der Waals surface area contributed by atoms with Crippen LogP contribution in [0.25, 0.3) is 0 Å². The van der Waals surface area contributed by atoms with Gasteiger partial charge in [0, 0.05) is 47.0 Å². The summed E-state index contributed by atoms with van der Waals surface area (Å²) in [6.45, 7) is 5.03. The third-order valence-electron chi connectivity index (χ3n) is 6.26. The monoisotopic (exact) mass is 520 g/mol. The molecule has 0 unspecified atom stereocenters. The lowest BCUT2D eigenvalue weighted by Gasteiger charge is -2.21. The van der Waals surface area contributed by atoms with Gasteiger partial charge in [0.1, 0.15) is 0 Å². The largest absolute Gasteiger partial charge is 0.376 e. The van der Waals surface area contributed by atoms with Gasteiger partial charge in [0.15, 0.2) is 0 Å². The molecule has 2 N–H and O–H groups in total. The average Bonchev–Trinajstić information content (AvgIpc) is 2.98. The summed E-state index contributed by atoms with van der Waals surface area (Å²) in [6.07, 6.45) is 0. The number of benzene rings is 4. The molecule has 0 spiro atoms. The Hall–Kier alpha value is -4.91. The van der Waals surface area contributed by atoms with E-state index in [-0.39, 0.29) is 24.3 Å². The van der Waals surface area contributed by atoms with Crippen molar-refractivity contribution >= 4 is 40.5 Å². The van der Waals surface area contributed by atoms with Crippen molar-refractivity contribution in [1.29, 1.82) is 0 Å². The van der Waals surface area contributed by atoms with Gasteiger partial charge in [-0.15, -0.1) is 0 Å². The van der Waals surface area contributed by atoms with Crippen molar-refractivity contribution in [2.75, 3.05) is 40.1 Å². The Kier molecular flexibility index (Phi) is 9.08. The summed E-state index contributed by atoms with van der Waals surface area (Å²) in [6, 6.07) is 33.0. The van der Waals surface area contributed by atoms with Crippen LogP contribution in [0.5, 0.6) is 0 Å². The Morgan fingerprint density at radius 2 is 0.974 bits per heavy atom. The zero-order valence-electron chi connectivity index (χ0n) is 22.1. The van der Waals surface area contributed by atoms with Gasteiger partial charge in [-0.3, -0.25) is 14.4 Å². The first-order chi connectivity index (χ1) is 19.0. The van der Waals surface area contributed by atoms with Gasteiger partial charge in [0.2, 0.25) is 5.91 Å². The fraction of sp³-hybridized carbons (Fsp3) is 0.156. The minimum absolute atomic E-state index is 0.0523. The van der Waals surface area contributed by atoms with E-state index in [0.29, 0.717) is 29.9 Å². The van der Waals surface area contributed by atoms with Crippen molar-refractivity contribution in [3.63, 3.8) is 0 Å². The van der Waals surface area contributed by atoms with E-state index in [4.69, 9.17) is 0 Å². The second-order valence-electron chi connectivity index (χ2n) is 8.83. The summed E-state index contributed by atoms with van der Waals surface area (Å²) in [5.74, 6) is -0.410. The number of amides is 3. The number of carbonyl (C=O) groups is 3. The quantitative estimate of drug-likeness (QED) is 0.266. The Morgan fingerprint density at radius 3 is 1.38 bits per heavy atom. The number of rotatable bonds is 10. The van der Waals surface area contributed by atoms with Crippen LogP contribution in [-0.4, -0.2) is 37.4 Å². The molecule has 198 valence electrons. The van der Waals surface area contributed by atoms with Crippen LogP contribution in [0, 0.1) is 0 Å². The molecule has 0 bridgehead atoms. The zero-order valence-corrected chi connectivity index (χ0v) is 22.1. The normalized spacial score (nSPS) is 10.4. The summed E-state index contributed by atoms with van der Waals surface area (Å²) < 4.78 is 0. The predicted octanol–water partition coefficient (Wildman–Crippen LogP) is 6.07. The van der Waals surface area contributed by atoms with E-state index in [1.165, 1.54) is 0 Å². The molecule has 4 aromatic rings.